The quantitative estimate of drug-likeness (QED) is 0.908. The smallest absolute Gasteiger partial charge is 0.164 e. The van der Waals surface area contributed by atoms with Crippen LogP contribution < -0.4 is 4.90 Å². The van der Waals surface area contributed by atoms with Gasteiger partial charge in [-0.2, -0.15) is 0 Å². The van der Waals surface area contributed by atoms with Crippen molar-refractivity contribution in [2.45, 2.75) is 19.4 Å². The van der Waals surface area contributed by atoms with Crippen LogP contribution in [0.3, 0.4) is 0 Å². The van der Waals surface area contributed by atoms with Crippen LogP contribution in [0.5, 0.6) is 0 Å². The summed E-state index contributed by atoms with van der Waals surface area (Å²) in [6.45, 7) is 2.26. The van der Waals surface area contributed by atoms with E-state index in [4.69, 9.17) is 0 Å². The predicted molar refractivity (Wildman–Crippen MR) is 80.4 cm³/mol. The van der Waals surface area contributed by atoms with Crippen LogP contribution >= 0.6 is 0 Å². The number of aryl methyl sites for hydroxylation is 1. The molecule has 0 amide bonds. The van der Waals surface area contributed by atoms with Crippen LogP contribution in [0.15, 0.2) is 42.5 Å². The minimum Gasteiger partial charge on any atom is -0.386 e. The Kier molecular flexibility index (Phi) is 4.91. The normalized spacial score (nSPS) is 12.2. The molecule has 0 bridgehead atoms. The van der Waals surface area contributed by atoms with Crippen LogP contribution in [0.2, 0.25) is 0 Å². The second-order valence-corrected chi connectivity index (χ2v) is 5.06. The molecule has 2 rings (SSSR count). The summed E-state index contributed by atoms with van der Waals surface area (Å²) >= 11 is 0. The average Bonchev–Trinajstić information content (AvgIpc) is 2.50. The average molecular weight is 291 g/mol. The maximum absolute atomic E-state index is 13.7. The van der Waals surface area contributed by atoms with Gasteiger partial charge in [0, 0.05) is 24.8 Å². The monoisotopic (exact) mass is 291 g/mol. The van der Waals surface area contributed by atoms with Crippen molar-refractivity contribution < 1.29 is 13.9 Å². The fourth-order valence-corrected chi connectivity index (χ4v) is 2.23. The zero-order valence-electron chi connectivity index (χ0n) is 12.2. The molecule has 0 radical (unpaired) electrons. The van der Waals surface area contributed by atoms with Crippen molar-refractivity contribution in [3.8, 4) is 0 Å². The fourth-order valence-electron chi connectivity index (χ4n) is 2.23. The highest BCUT2D eigenvalue weighted by Gasteiger charge is 2.17. The Hall–Kier alpha value is -1.94. The molecule has 2 aromatic carbocycles. The third kappa shape index (κ3) is 3.58. The number of likely N-dealkylation sites (N-methyl/N-ethyl adjacent to an activating group) is 1. The third-order valence-electron chi connectivity index (χ3n) is 3.57. The van der Waals surface area contributed by atoms with Crippen molar-refractivity contribution in [2.24, 2.45) is 0 Å². The number of hydrogen-bond donors (Lipinski definition) is 1. The van der Waals surface area contributed by atoms with Crippen molar-refractivity contribution in [2.75, 3.05) is 18.5 Å². The van der Waals surface area contributed by atoms with Crippen LogP contribution in [-0.2, 0) is 6.42 Å². The maximum atomic E-state index is 13.7. The van der Waals surface area contributed by atoms with Gasteiger partial charge in [0.15, 0.2) is 11.6 Å². The Morgan fingerprint density at radius 3 is 2.38 bits per heavy atom. The van der Waals surface area contributed by atoms with Gasteiger partial charge < -0.3 is 10.0 Å². The van der Waals surface area contributed by atoms with E-state index in [0.29, 0.717) is 0 Å². The van der Waals surface area contributed by atoms with Crippen molar-refractivity contribution >= 4 is 5.69 Å². The van der Waals surface area contributed by atoms with Crippen molar-refractivity contribution in [3.05, 3.63) is 65.2 Å². The summed E-state index contributed by atoms with van der Waals surface area (Å²) in [4.78, 5) is 1.81. The number of aliphatic hydroxyl groups excluding tert-OH is 1. The van der Waals surface area contributed by atoms with Gasteiger partial charge in [0.05, 0.1) is 6.10 Å². The molecule has 0 heterocycles. The van der Waals surface area contributed by atoms with E-state index in [9.17, 15) is 13.9 Å². The summed E-state index contributed by atoms with van der Waals surface area (Å²) in [5, 5.41) is 10.1. The lowest BCUT2D eigenvalue weighted by Gasteiger charge is -2.23. The molecule has 1 atom stereocenters. The van der Waals surface area contributed by atoms with Crippen LogP contribution in [0.4, 0.5) is 14.5 Å². The standard InChI is InChI=1S/C17H19F2NO/c1-3-12-7-9-13(10-8-12)20(2)11-16(21)14-5-4-6-15(18)17(14)19/h4-10,16,21H,3,11H2,1-2H3. The van der Waals surface area contributed by atoms with Gasteiger partial charge in [-0.3, -0.25) is 0 Å². The lowest BCUT2D eigenvalue weighted by atomic mass is 10.1. The predicted octanol–water partition coefficient (Wildman–Crippen LogP) is 3.70. The van der Waals surface area contributed by atoms with Crippen LogP contribution in [-0.4, -0.2) is 18.7 Å². The van der Waals surface area contributed by atoms with E-state index in [2.05, 4.69) is 6.92 Å². The van der Waals surface area contributed by atoms with Crippen molar-refractivity contribution in [1.29, 1.82) is 0 Å². The molecule has 4 heteroatoms. The van der Waals surface area contributed by atoms with Gasteiger partial charge >= 0.3 is 0 Å². The molecular weight excluding hydrogens is 272 g/mol. The van der Waals surface area contributed by atoms with Crippen LogP contribution in [0.1, 0.15) is 24.2 Å². The lowest BCUT2D eigenvalue weighted by molar-refractivity contribution is 0.179. The van der Waals surface area contributed by atoms with Gasteiger partial charge in [0.25, 0.3) is 0 Å². The third-order valence-corrected chi connectivity index (χ3v) is 3.57. The van der Waals surface area contributed by atoms with Crippen LogP contribution in [0, 0.1) is 11.6 Å². The molecule has 0 saturated heterocycles. The fraction of sp³-hybridized carbons (Fsp3) is 0.294. The SMILES string of the molecule is CCc1ccc(N(C)CC(O)c2cccc(F)c2F)cc1. The Balaban J connectivity index is 2.10. The summed E-state index contributed by atoms with van der Waals surface area (Å²) in [6.07, 6.45) is -0.127. The molecule has 0 aliphatic rings. The van der Waals surface area contributed by atoms with E-state index in [-0.39, 0.29) is 12.1 Å². The first kappa shape index (κ1) is 15.4. The van der Waals surface area contributed by atoms with Gasteiger partial charge in [-0.25, -0.2) is 8.78 Å². The second kappa shape index (κ2) is 6.68. The highest BCUT2D eigenvalue weighted by molar-refractivity contribution is 5.47. The first-order valence-electron chi connectivity index (χ1n) is 6.95. The number of aliphatic hydroxyl groups is 1. The first-order valence-corrected chi connectivity index (χ1v) is 6.95. The highest BCUT2D eigenvalue weighted by Crippen LogP contribution is 2.22. The Bertz CT molecular complexity index is 598. The van der Waals surface area contributed by atoms with Gasteiger partial charge in [-0.1, -0.05) is 31.2 Å². The van der Waals surface area contributed by atoms with E-state index < -0.39 is 17.7 Å². The summed E-state index contributed by atoms with van der Waals surface area (Å²) in [7, 11) is 1.81. The van der Waals surface area contributed by atoms with E-state index >= 15 is 0 Å². The molecule has 1 N–H and O–H groups in total. The molecular formula is C17H19F2NO. The zero-order valence-corrected chi connectivity index (χ0v) is 12.2. The van der Waals surface area contributed by atoms with Gasteiger partial charge in [-0.15, -0.1) is 0 Å². The summed E-state index contributed by atoms with van der Waals surface area (Å²) in [5.74, 6) is -1.93. The van der Waals surface area contributed by atoms with Crippen LogP contribution in [0.25, 0.3) is 0 Å². The molecule has 2 nitrogen and oxygen atoms in total. The Labute approximate surface area is 123 Å². The van der Waals surface area contributed by atoms with E-state index in [1.165, 1.54) is 17.7 Å². The summed E-state index contributed by atoms with van der Waals surface area (Å²) in [5.41, 5.74) is 2.12. The largest absolute Gasteiger partial charge is 0.386 e. The molecule has 21 heavy (non-hydrogen) atoms. The second-order valence-electron chi connectivity index (χ2n) is 5.06. The highest BCUT2D eigenvalue weighted by atomic mass is 19.2. The molecule has 0 aliphatic carbocycles. The zero-order chi connectivity index (χ0) is 15.4. The molecule has 0 saturated carbocycles. The molecule has 2 aromatic rings. The molecule has 1 unspecified atom stereocenters. The lowest BCUT2D eigenvalue weighted by Crippen LogP contribution is -2.24. The minimum atomic E-state index is -1.09. The van der Waals surface area contributed by atoms with Gasteiger partial charge in [-0.05, 0) is 30.2 Å². The maximum Gasteiger partial charge on any atom is 0.164 e. The molecule has 0 aromatic heterocycles. The summed E-state index contributed by atoms with van der Waals surface area (Å²) < 4.78 is 26.8. The molecule has 0 spiro atoms. The Morgan fingerprint density at radius 2 is 1.76 bits per heavy atom. The topological polar surface area (TPSA) is 23.5 Å². The van der Waals surface area contributed by atoms with Crippen molar-refractivity contribution in [3.63, 3.8) is 0 Å². The first-order chi connectivity index (χ1) is 10.0. The number of rotatable bonds is 5. The number of nitrogens with zero attached hydrogens (tertiary/aromatic N) is 1. The van der Waals surface area contributed by atoms with Gasteiger partial charge in [0.2, 0.25) is 0 Å². The number of halogens is 2. The van der Waals surface area contributed by atoms with Crippen molar-refractivity contribution in [1.82, 2.24) is 0 Å². The number of hydrogen-bond acceptors (Lipinski definition) is 2. The molecule has 112 valence electrons. The van der Waals surface area contributed by atoms with E-state index in [1.807, 2.05) is 29.2 Å². The molecule has 0 aliphatic heterocycles. The van der Waals surface area contributed by atoms with E-state index in [1.54, 1.807) is 7.05 Å². The van der Waals surface area contributed by atoms with E-state index in [0.717, 1.165) is 18.2 Å². The number of benzene rings is 2. The summed E-state index contributed by atoms with van der Waals surface area (Å²) in [6, 6.07) is 11.8. The minimum absolute atomic E-state index is 0.0213. The number of anilines is 1. The Morgan fingerprint density at radius 1 is 1.10 bits per heavy atom. The van der Waals surface area contributed by atoms with Gasteiger partial charge in [0.1, 0.15) is 0 Å². The molecule has 0 fully saturated rings.